The summed E-state index contributed by atoms with van der Waals surface area (Å²) in [5.41, 5.74) is 7.71. The fraction of sp³-hybridized carbons (Fsp3) is 0.591. The van der Waals surface area contributed by atoms with Gasteiger partial charge in [-0.1, -0.05) is 12.2 Å². The SMILES string of the molecule is Cn1c(C2CN(C(=O)OC(C)(C)C)CCC23CC=CCC3)c(Br)c2c(N)ncnc21. The van der Waals surface area contributed by atoms with Crippen LogP contribution >= 0.6 is 15.9 Å². The van der Waals surface area contributed by atoms with Crippen LogP contribution in [0.25, 0.3) is 11.0 Å². The van der Waals surface area contributed by atoms with Crippen LogP contribution < -0.4 is 5.73 Å². The van der Waals surface area contributed by atoms with Crippen molar-refractivity contribution in [2.75, 3.05) is 18.8 Å². The van der Waals surface area contributed by atoms with Gasteiger partial charge in [0.2, 0.25) is 0 Å². The number of hydrogen-bond acceptors (Lipinski definition) is 5. The fourth-order valence-corrected chi connectivity index (χ4v) is 5.91. The lowest BCUT2D eigenvalue weighted by molar-refractivity contribution is 0.00120. The molecule has 0 bridgehead atoms. The maximum Gasteiger partial charge on any atom is 0.410 e. The minimum absolute atomic E-state index is 0.0973. The molecule has 0 aromatic carbocycles. The van der Waals surface area contributed by atoms with Crippen molar-refractivity contribution in [3.63, 3.8) is 0 Å². The molecular formula is C22H30BrN5O2. The van der Waals surface area contributed by atoms with Crippen molar-refractivity contribution in [2.45, 2.75) is 58.0 Å². The van der Waals surface area contributed by atoms with Crippen LogP contribution in [0.3, 0.4) is 0 Å². The van der Waals surface area contributed by atoms with E-state index in [0.29, 0.717) is 18.9 Å². The Morgan fingerprint density at radius 2 is 2.07 bits per heavy atom. The predicted molar refractivity (Wildman–Crippen MR) is 121 cm³/mol. The number of carbonyl (C=O) groups is 1. The smallest absolute Gasteiger partial charge is 0.410 e. The van der Waals surface area contributed by atoms with Gasteiger partial charge in [0.05, 0.1) is 9.86 Å². The minimum atomic E-state index is -0.514. The molecule has 2 aliphatic rings. The van der Waals surface area contributed by atoms with Gasteiger partial charge in [-0.3, -0.25) is 0 Å². The molecule has 1 aliphatic carbocycles. The van der Waals surface area contributed by atoms with Crippen molar-refractivity contribution in [3.05, 3.63) is 28.6 Å². The lowest BCUT2D eigenvalue weighted by atomic mass is 9.62. The number of aromatic nitrogens is 3. The summed E-state index contributed by atoms with van der Waals surface area (Å²) in [7, 11) is 2.02. The normalized spacial score (nSPS) is 24.6. The number of amides is 1. The molecule has 1 fully saturated rings. The minimum Gasteiger partial charge on any atom is -0.444 e. The number of aryl methyl sites for hydroxylation is 1. The van der Waals surface area contributed by atoms with Crippen molar-refractivity contribution in [1.82, 2.24) is 19.4 Å². The van der Waals surface area contributed by atoms with E-state index in [1.165, 1.54) is 6.33 Å². The van der Waals surface area contributed by atoms with Crippen LogP contribution in [-0.2, 0) is 11.8 Å². The molecule has 0 radical (unpaired) electrons. The molecule has 1 saturated heterocycles. The summed E-state index contributed by atoms with van der Waals surface area (Å²) in [5.74, 6) is 0.600. The maximum atomic E-state index is 12.9. The zero-order valence-electron chi connectivity index (χ0n) is 18.1. The third-order valence-electron chi connectivity index (χ3n) is 6.48. The summed E-state index contributed by atoms with van der Waals surface area (Å²) >= 11 is 3.81. The van der Waals surface area contributed by atoms with Crippen LogP contribution in [0.1, 0.15) is 58.1 Å². The van der Waals surface area contributed by atoms with Gasteiger partial charge in [0.1, 0.15) is 23.4 Å². The third-order valence-corrected chi connectivity index (χ3v) is 7.29. The van der Waals surface area contributed by atoms with Crippen molar-refractivity contribution < 1.29 is 9.53 Å². The molecule has 8 heteroatoms. The Bertz CT molecular complexity index is 1010. The summed E-state index contributed by atoms with van der Waals surface area (Å²) in [6, 6.07) is 0. The number of anilines is 1. The summed E-state index contributed by atoms with van der Waals surface area (Å²) in [4.78, 5) is 23.4. The highest BCUT2D eigenvalue weighted by atomic mass is 79.9. The number of nitrogens with two attached hydrogens (primary N) is 1. The van der Waals surface area contributed by atoms with Gasteiger partial charge in [0.15, 0.2) is 0 Å². The quantitative estimate of drug-likeness (QED) is 0.600. The summed E-state index contributed by atoms with van der Waals surface area (Å²) < 4.78 is 8.73. The molecular weight excluding hydrogens is 446 g/mol. The van der Waals surface area contributed by atoms with Crippen LogP contribution in [0.5, 0.6) is 0 Å². The summed E-state index contributed by atoms with van der Waals surface area (Å²) in [6.07, 6.45) is 9.93. The second-order valence-electron chi connectivity index (χ2n) is 9.52. The highest BCUT2D eigenvalue weighted by molar-refractivity contribution is 9.10. The fourth-order valence-electron chi connectivity index (χ4n) is 4.99. The molecule has 162 valence electrons. The molecule has 7 nitrogen and oxygen atoms in total. The zero-order chi connectivity index (χ0) is 21.7. The first kappa shape index (κ1) is 21.2. The van der Waals surface area contributed by atoms with Gasteiger partial charge in [-0.15, -0.1) is 0 Å². The van der Waals surface area contributed by atoms with Gasteiger partial charge < -0.3 is 19.9 Å². The molecule has 2 atom stereocenters. The molecule has 1 spiro atoms. The summed E-state index contributed by atoms with van der Waals surface area (Å²) in [6.45, 7) is 7.03. The molecule has 2 aromatic rings. The molecule has 0 saturated carbocycles. The Hall–Kier alpha value is -2.09. The molecule has 3 heterocycles. The van der Waals surface area contributed by atoms with Crippen LogP contribution in [-0.4, -0.2) is 44.2 Å². The van der Waals surface area contributed by atoms with Crippen LogP contribution in [0.4, 0.5) is 10.6 Å². The number of rotatable bonds is 1. The average Bonchev–Trinajstić information content (AvgIpc) is 2.93. The van der Waals surface area contributed by atoms with E-state index in [2.05, 4.69) is 42.6 Å². The molecule has 2 N–H and O–H groups in total. The van der Waals surface area contributed by atoms with Crippen molar-refractivity contribution in [2.24, 2.45) is 12.5 Å². The number of likely N-dealkylation sites (tertiary alicyclic amines) is 1. The number of nitrogen functional groups attached to an aromatic ring is 1. The first-order chi connectivity index (χ1) is 14.1. The largest absolute Gasteiger partial charge is 0.444 e. The van der Waals surface area contributed by atoms with Gasteiger partial charge in [0, 0.05) is 31.7 Å². The second-order valence-corrected chi connectivity index (χ2v) is 10.3. The van der Waals surface area contributed by atoms with Crippen molar-refractivity contribution in [1.29, 1.82) is 0 Å². The van der Waals surface area contributed by atoms with Gasteiger partial charge in [-0.2, -0.15) is 0 Å². The number of nitrogens with zero attached hydrogens (tertiary/aromatic N) is 4. The number of halogens is 1. The maximum absolute atomic E-state index is 12.9. The number of piperidine rings is 1. The van der Waals surface area contributed by atoms with Gasteiger partial charge in [-0.25, -0.2) is 14.8 Å². The first-order valence-corrected chi connectivity index (χ1v) is 11.3. The van der Waals surface area contributed by atoms with Crippen LogP contribution in [0, 0.1) is 5.41 Å². The Morgan fingerprint density at radius 1 is 1.30 bits per heavy atom. The molecule has 4 rings (SSSR count). The Kier molecular flexibility index (Phi) is 5.33. The van der Waals surface area contributed by atoms with E-state index in [-0.39, 0.29) is 17.4 Å². The lowest BCUT2D eigenvalue weighted by Gasteiger charge is -2.49. The standard InChI is InChI=1S/C22H30BrN5O2/c1-21(2,3)30-20(29)28-11-10-22(8-6-5-7-9-22)14(12-28)17-16(23)15-18(24)25-13-26-19(15)27(17)4/h5-6,13-14H,7-12H2,1-4H3,(H2,24,25,26). The Morgan fingerprint density at radius 3 is 2.70 bits per heavy atom. The van der Waals surface area contributed by atoms with Crippen LogP contribution in [0.2, 0.25) is 0 Å². The number of hydrogen-bond donors (Lipinski definition) is 1. The van der Waals surface area contributed by atoms with Gasteiger partial charge in [0.25, 0.3) is 0 Å². The van der Waals surface area contributed by atoms with Crippen molar-refractivity contribution >= 4 is 38.9 Å². The first-order valence-electron chi connectivity index (χ1n) is 10.5. The van der Waals surface area contributed by atoms with Crippen LogP contribution in [0.15, 0.2) is 23.0 Å². The molecule has 30 heavy (non-hydrogen) atoms. The number of ether oxygens (including phenoxy) is 1. The second kappa shape index (κ2) is 7.55. The van der Waals surface area contributed by atoms with E-state index in [4.69, 9.17) is 10.5 Å². The topological polar surface area (TPSA) is 86.3 Å². The molecule has 2 aromatic heterocycles. The van der Waals surface area contributed by atoms with E-state index in [1.807, 2.05) is 32.7 Å². The number of fused-ring (bicyclic) bond motifs is 1. The van der Waals surface area contributed by atoms with E-state index < -0.39 is 5.60 Å². The molecule has 1 amide bonds. The average molecular weight is 476 g/mol. The van der Waals surface area contributed by atoms with Gasteiger partial charge in [-0.05, 0) is 67.8 Å². The number of allylic oxidation sites excluding steroid dienone is 2. The predicted octanol–water partition coefficient (Wildman–Crippen LogP) is 4.76. The Balaban J connectivity index is 1.79. The number of carbonyl (C=O) groups excluding carboxylic acids is 1. The van der Waals surface area contributed by atoms with E-state index in [1.54, 1.807) is 0 Å². The highest BCUT2D eigenvalue weighted by Crippen LogP contribution is 2.53. The van der Waals surface area contributed by atoms with E-state index >= 15 is 0 Å². The Labute approximate surface area is 185 Å². The van der Waals surface area contributed by atoms with E-state index in [0.717, 1.165) is 46.9 Å². The third kappa shape index (κ3) is 3.59. The van der Waals surface area contributed by atoms with Crippen molar-refractivity contribution in [3.8, 4) is 0 Å². The monoisotopic (exact) mass is 475 g/mol. The van der Waals surface area contributed by atoms with Gasteiger partial charge >= 0.3 is 6.09 Å². The molecule has 1 aliphatic heterocycles. The lowest BCUT2D eigenvalue weighted by Crippen LogP contribution is -2.50. The summed E-state index contributed by atoms with van der Waals surface area (Å²) in [5, 5.41) is 0.839. The van der Waals surface area contributed by atoms with E-state index in [9.17, 15) is 4.79 Å². The highest BCUT2D eigenvalue weighted by Gasteiger charge is 2.47. The zero-order valence-corrected chi connectivity index (χ0v) is 19.7. The molecule has 2 unspecified atom stereocenters.